The van der Waals surface area contributed by atoms with E-state index in [2.05, 4.69) is 15.3 Å². The Hall–Kier alpha value is -1.40. The first-order chi connectivity index (χ1) is 9.10. The molecule has 0 aromatic carbocycles. The first kappa shape index (κ1) is 15.7. The monoisotopic (exact) mass is 269 g/mol. The Labute approximate surface area is 114 Å². The van der Waals surface area contributed by atoms with Crippen LogP contribution in [-0.4, -0.2) is 41.4 Å². The number of hydrogen-bond acceptors (Lipinski definition) is 6. The van der Waals surface area contributed by atoms with Crippen molar-refractivity contribution in [3.8, 4) is 11.8 Å². The molecule has 1 heterocycles. The van der Waals surface area contributed by atoms with E-state index in [1.807, 2.05) is 13.8 Å². The number of nitrogens with zero attached hydrogens (tertiary/aromatic N) is 2. The van der Waals surface area contributed by atoms with Crippen molar-refractivity contribution < 1.29 is 14.6 Å². The summed E-state index contributed by atoms with van der Waals surface area (Å²) in [6.45, 7) is 4.92. The van der Waals surface area contributed by atoms with Crippen molar-refractivity contribution in [1.29, 1.82) is 0 Å². The lowest BCUT2D eigenvalue weighted by molar-refractivity contribution is 0.0322. The van der Waals surface area contributed by atoms with Gasteiger partial charge in [0.25, 0.3) is 0 Å². The number of methoxy groups -OCH3 is 2. The smallest absolute Gasteiger partial charge is 0.224 e. The van der Waals surface area contributed by atoms with Gasteiger partial charge in [-0.1, -0.05) is 13.8 Å². The van der Waals surface area contributed by atoms with Gasteiger partial charge in [-0.3, -0.25) is 0 Å². The van der Waals surface area contributed by atoms with Gasteiger partial charge in [0.2, 0.25) is 11.8 Å². The van der Waals surface area contributed by atoms with Gasteiger partial charge in [-0.15, -0.1) is 0 Å². The molecule has 0 atom stereocenters. The molecule has 0 aliphatic carbocycles. The molecule has 0 radical (unpaired) electrons. The molecule has 19 heavy (non-hydrogen) atoms. The normalized spacial score (nSPS) is 11.4. The predicted molar refractivity (Wildman–Crippen MR) is 72.4 cm³/mol. The summed E-state index contributed by atoms with van der Waals surface area (Å²) in [5.74, 6) is 0.965. The third kappa shape index (κ3) is 4.04. The molecule has 0 unspecified atom stereocenters. The minimum Gasteiger partial charge on any atom is -0.481 e. The zero-order valence-electron chi connectivity index (χ0n) is 12.1. The Morgan fingerprint density at radius 2 is 1.68 bits per heavy atom. The van der Waals surface area contributed by atoms with E-state index in [1.165, 1.54) is 6.33 Å². The van der Waals surface area contributed by atoms with Gasteiger partial charge in [0, 0.05) is 13.1 Å². The van der Waals surface area contributed by atoms with Crippen LogP contribution >= 0.6 is 0 Å². The molecule has 0 saturated carbocycles. The molecule has 0 saturated heterocycles. The predicted octanol–water partition coefficient (Wildman–Crippen LogP) is 1.13. The molecular formula is C13H23N3O3. The van der Waals surface area contributed by atoms with Gasteiger partial charge in [-0.25, -0.2) is 9.97 Å². The number of hydrogen-bond donors (Lipinski definition) is 2. The largest absolute Gasteiger partial charge is 0.481 e. The van der Waals surface area contributed by atoms with Crippen LogP contribution in [-0.2, 0) is 6.54 Å². The number of aromatic nitrogens is 2. The van der Waals surface area contributed by atoms with Gasteiger partial charge in [0.15, 0.2) is 0 Å². The third-order valence-corrected chi connectivity index (χ3v) is 3.33. The van der Waals surface area contributed by atoms with Crippen molar-refractivity contribution >= 4 is 0 Å². The molecule has 0 spiro atoms. The Morgan fingerprint density at radius 1 is 1.16 bits per heavy atom. The number of rotatable bonds is 8. The zero-order valence-corrected chi connectivity index (χ0v) is 12.1. The lowest BCUT2D eigenvalue weighted by Crippen LogP contribution is -2.39. The second-order valence-corrected chi connectivity index (χ2v) is 4.41. The second-order valence-electron chi connectivity index (χ2n) is 4.41. The molecule has 1 aromatic rings. The van der Waals surface area contributed by atoms with Crippen molar-refractivity contribution in [2.75, 3.05) is 20.8 Å². The summed E-state index contributed by atoms with van der Waals surface area (Å²) >= 11 is 0. The molecule has 6 nitrogen and oxygen atoms in total. The van der Waals surface area contributed by atoms with E-state index in [9.17, 15) is 5.11 Å². The molecule has 2 N–H and O–H groups in total. The Bertz CT molecular complexity index is 372. The highest BCUT2D eigenvalue weighted by Gasteiger charge is 2.22. The molecule has 0 fully saturated rings. The number of nitrogens with one attached hydrogen (secondary N) is 1. The minimum atomic E-state index is -0.684. The molecule has 0 aliphatic rings. The summed E-state index contributed by atoms with van der Waals surface area (Å²) in [5, 5.41) is 13.4. The number of aliphatic hydroxyl groups is 1. The summed E-state index contributed by atoms with van der Waals surface area (Å²) in [7, 11) is 3.11. The quantitative estimate of drug-likeness (QED) is 0.737. The molecular weight excluding hydrogens is 246 g/mol. The van der Waals surface area contributed by atoms with Crippen molar-refractivity contribution in [3.05, 3.63) is 11.9 Å². The van der Waals surface area contributed by atoms with Crippen LogP contribution in [0.1, 0.15) is 32.3 Å². The zero-order chi connectivity index (χ0) is 14.3. The maximum Gasteiger partial charge on any atom is 0.224 e. The lowest BCUT2D eigenvalue weighted by Gasteiger charge is -2.25. The van der Waals surface area contributed by atoms with Crippen molar-refractivity contribution in [2.24, 2.45) is 0 Å². The van der Waals surface area contributed by atoms with E-state index in [0.29, 0.717) is 37.7 Å². The summed E-state index contributed by atoms with van der Waals surface area (Å²) in [6, 6.07) is 0. The van der Waals surface area contributed by atoms with Crippen molar-refractivity contribution in [3.63, 3.8) is 0 Å². The van der Waals surface area contributed by atoms with E-state index in [4.69, 9.17) is 9.47 Å². The van der Waals surface area contributed by atoms with E-state index >= 15 is 0 Å². The summed E-state index contributed by atoms with van der Waals surface area (Å²) in [6.07, 6.45) is 2.81. The van der Waals surface area contributed by atoms with Gasteiger partial charge < -0.3 is 19.9 Å². The number of ether oxygens (including phenoxy) is 2. The van der Waals surface area contributed by atoms with E-state index in [-0.39, 0.29) is 0 Å². The maximum atomic E-state index is 10.2. The highest BCUT2D eigenvalue weighted by molar-refractivity contribution is 5.34. The fourth-order valence-electron chi connectivity index (χ4n) is 1.80. The van der Waals surface area contributed by atoms with E-state index in [0.717, 1.165) is 5.56 Å². The topological polar surface area (TPSA) is 76.5 Å². The van der Waals surface area contributed by atoms with Crippen LogP contribution in [0.25, 0.3) is 0 Å². The van der Waals surface area contributed by atoms with Crippen molar-refractivity contribution in [1.82, 2.24) is 15.3 Å². The van der Waals surface area contributed by atoms with Gasteiger partial charge in [0.05, 0.1) is 25.4 Å². The SMILES string of the molecule is CCC(O)(CC)CNCc1c(OC)ncnc1OC. The molecule has 0 bridgehead atoms. The summed E-state index contributed by atoms with van der Waals surface area (Å²) in [5.41, 5.74) is 0.0675. The van der Waals surface area contributed by atoms with E-state index in [1.54, 1.807) is 14.2 Å². The molecule has 108 valence electrons. The first-order valence-electron chi connectivity index (χ1n) is 6.45. The van der Waals surface area contributed by atoms with Crippen molar-refractivity contribution in [2.45, 2.75) is 38.8 Å². The standard InChI is InChI=1S/C13H23N3O3/c1-5-13(17,6-2)8-14-7-10-11(18-3)15-9-16-12(10)19-4/h9,14,17H,5-8H2,1-4H3. The Balaban J connectivity index is 2.72. The summed E-state index contributed by atoms with van der Waals surface area (Å²) in [4.78, 5) is 8.09. The van der Waals surface area contributed by atoms with Gasteiger partial charge in [-0.05, 0) is 12.8 Å². The Kier molecular flexibility index (Phi) is 5.98. The first-order valence-corrected chi connectivity index (χ1v) is 6.45. The van der Waals surface area contributed by atoms with Crippen LogP contribution in [0.15, 0.2) is 6.33 Å². The molecule has 0 amide bonds. The summed E-state index contributed by atoms with van der Waals surface area (Å²) < 4.78 is 10.4. The molecule has 1 aromatic heterocycles. The maximum absolute atomic E-state index is 10.2. The average Bonchev–Trinajstić information content (AvgIpc) is 2.46. The van der Waals surface area contributed by atoms with Gasteiger partial charge in [-0.2, -0.15) is 0 Å². The highest BCUT2D eigenvalue weighted by Crippen LogP contribution is 2.23. The highest BCUT2D eigenvalue weighted by atomic mass is 16.5. The minimum absolute atomic E-state index is 0.482. The fourth-order valence-corrected chi connectivity index (χ4v) is 1.80. The fraction of sp³-hybridized carbons (Fsp3) is 0.692. The van der Waals surface area contributed by atoms with Crippen LogP contribution in [0.3, 0.4) is 0 Å². The molecule has 1 rings (SSSR count). The van der Waals surface area contributed by atoms with Crippen LogP contribution in [0.2, 0.25) is 0 Å². The molecule has 0 aliphatic heterocycles. The van der Waals surface area contributed by atoms with Crippen LogP contribution < -0.4 is 14.8 Å². The van der Waals surface area contributed by atoms with Gasteiger partial charge >= 0.3 is 0 Å². The third-order valence-electron chi connectivity index (χ3n) is 3.33. The van der Waals surface area contributed by atoms with Gasteiger partial charge in [0.1, 0.15) is 6.33 Å². The Morgan fingerprint density at radius 3 is 2.11 bits per heavy atom. The van der Waals surface area contributed by atoms with Crippen LogP contribution in [0.4, 0.5) is 0 Å². The van der Waals surface area contributed by atoms with Crippen LogP contribution in [0.5, 0.6) is 11.8 Å². The van der Waals surface area contributed by atoms with E-state index < -0.39 is 5.60 Å². The average molecular weight is 269 g/mol. The second kappa shape index (κ2) is 7.25. The lowest BCUT2D eigenvalue weighted by atomic mass is 9.97. The molecule has 6 heteroatoms. The van der Waals surface area contributed by atoms with Crippen LogP contribution in [0, 0.1) is 0 Å².